The van der Waals surface area contributed by atoms with Gasteiger partial charge in [0, 0.05) is 31.7 Å². The predicted octanol–water partition coefficient (Wildman–Crippen LogP) is 1.03. The molecule has 1 aliphatic rings. The molecule has 0 atom stereocenters. The fourth-order valence-corrected chi connectivity index (χ4v) is 6.09. The summed E-state index contributed by atoms with van der Waals surface area (Å²) < 4.78 is 59.6. The first-order valence-corrected chi connectivity index (χ1v) is 13.1. The first-order chi connectivity index (χ1) is 15.1. The van der Waals surface area contributed by atoms with Crippen molar-refractivity contribution in [3.8, 4) is 0 Å². The molecule has 3 rings (SSSR count). The summed E-state index contributed by atoms with van der Waals surface area (Å²) in [5, 5.41) is 2.61. The molecule has 0 saturated carbocycles. The van der Waals surface area contributed by atoms with Gasteiger partial charge in [0.1, 0.15) is 0 Å². The van der Waals surface area contributed by atoms with Crippen LogP contribution < -0.4 is 10.0 Å². The number of aryl methyl sites for hydroxylation is 2. The summed E-state index contributed by atoms with van der Waals surface area (Å²) in [5.41, 5.74) is 1.64. The van der Waals surface area contributed by atoms with Crippen LogP contribution in [0.3, 0.4) is 0 Å². The Labute approximate surface area is 188 Å². The molecular formula is C21H27N3O6S2. The van der Waals surface area contributed by atoms with Gasteiger partial charge in [-0.05, 0) is 49.2 Å². The zero-order chi connectivity index (χ0) is 23.4. The van der Waals surface area contributed by atoms with E-state index < -0.39 is 26.0 Å². The van der Waals surface area contributed by atoms with E-state index in [-0.39, 0.29) is 41.5 Å². The van der Waals surface area contributed by atoms with Crippen LogP contribution in [0.5, 0.6) is 0 Å². The fourth-order valence-electron chi connectivity index (χ4n) is 3.27. The minimum absolute atomic E-state index is 0.00672. The number of rotatable bonds is 8. The van der Waals surface area contributed by atoms with Crippen LogP contribution >= 0.6 is 0 Å². The average Bonchev–Trinajstić information content (AvgIpc) is 2.78. The van der Waals surface area contributed by atoms with Crippen molar-refractivity contribution in [1.82, 2.24) is 14.3 Å². The molecule has 1 fully saturated rings. The highest BCUT2D eigenvalue weighted by Crippen LogP contribution is 2.19. The molecule has 1 heterocycles. The Balaban J connectivity index is 1.60. The number of hydrogen-bond donors (Lipinski definition) is 2. The molecule has 0 unspecified atom stereocenters. The standard InChI is InChI=1S/C21H27N3O6S2/c1-16-6-7-17(2)20(14-16)31(26,27)23-9-8-22-21(25)18-4-3-5-19(15-18)32(28,29)24-10-12-30-13-11-24/h3-7,14-15,23H,8-13H2,1-2H3,(H,22,25). The van der Waals surface area contributed by atoms with Crippen molar-refractivity contribution in [3.05, 3.63) is 59.2 Å². The first-order valence-electron chi connectivity index (χ1n) is 10.1. The number of nitrogens with one attached hydrogen (secondary N) is 2. The molecule has 0 aliphatic carbocycles. The molecule has 9 nitrogen and oxygen atoms in total. The molecule has 0 radical (unpaired) electrons. The summed E-state index contributed by atoms with van der Waals surface area (Å²) in [5.74, 6) is -0.491. The van der Waals surface area contributed by atoms with Crippen molar-refractivity contribution in [1.29, 1.82) is 0 Å². The van der Waals surface area contributed by atoms with Crippen molar-refractivity contribution in [2.24, 2.45) is 0 Å². The van der Waals surface area contributed by atoms with E-state index in [2.05, 4.69) is 10.0 Å². The smallest absolute Gasteiger partial charge is 0.251 e. The first kappa shape index (κ1) is 24.3. The number of hydrogen-bond acceptors (Lipinski definition) is 6. The van der Waals surface area contributed by atoms with Crippen LogP contribution in [0.25, 0.3) is 0 Å². The van der Waals surface area contributed by atoms with E-state index in [0.717, 1.165) is 5.56 Å². The van der Waals surface area contributed by atoms with Gasteiger partial charge < -0.3 is 10.1 Å². The predicted molar refractivity (Wildman–Crippen MR) is 119 cm³/mol. The van der Waals surface area contributed by atoms with Crippen LogP contribution in [0.4, 0.5) is 0 Å². The average molecular weight is 482 g/mol. The summed E-state index contributed by atoms with van der Waals surface area (Å²) in [6, 6.07) is 10.9. The molecule has 2 aromatic carbocycles. The number of sulfonamides is 2. The van der Waals surface area contributed by atoms with E-state index in [1.165, 1.54) is 28.6 Å². The molecule has 0 bridgehead atoms. The summed E-state index contributed by atoms with van der Waals surface area (Å²) >= 11 is 0. The van der Waals surface area contributed by atoms with E-state index in [1.807, 2.05) is 13.0 Å². The maximum Gasteiger partial charge on any atom is 0.251 e. The van der Waals surface area contributed by atoms with Gasteiger partial charge in [0.25, 0.3) is 5.91 Å². The van der Waals surface area contributed by atoms with Crippen LogP contribution in [0.1, 0.15) is 21.5 Å². The van der Waals surface area contributed by atoms with Crippen LogP contribution in [-0.2, 0) is 24.8 Å². The Morgan fingerprint density at radius 2 is 1.72 bits per heavy atom. The van der Waals surface area contributed by atoms with E-state index in [0.29, 0.717) is 18.8 Å². The van der Waals surface area contributed by atoms with Crippen LogP contribution in [0.15, 0.2) is 52.3 Å². The zero-order valence-corrected chi connectivity index (χ0v) is 19.6. The van der Waals surface area contributed by atoms with Crippen LogP contribution in [0, 0.1) is 13.8 Å². The number of nitrogens with zero attached hydrogens (tertiary/aromatic N) is 1. The van der Waals surface area contributed by atoms with Crippen molar-refractivity contribution < 1.29 is 26.4 Å². The molecule has 2 aromatic rings. The number of amides is 1. The normalized spacial score (nSPS) is 15.4. The van der Waals surface area contributed by atoms with Crippen molar-refractivity contribution >= 4 is 26.0 Å². The fraction of sp³-hybridized carbons (Fsp3) is 0.381. The van der Waals surface area contributed by atoms with E-state index in [4.69, 9.17) is 4.74 Å². The third kappa shape index (κ3) is 5.73. The summed E-state index contributed by atoms with van der Waals surface area (Å²) in [6.45, 7) is 4.75. The van der Waals surface area contributed by atoms with Gasteiger partial charge in [-0.15, -0.1) is 0 Å². The van der Waals surface area contributed by atoms with Crippen LogP contribution in [-0.4, -0.2) is 66.4 Å². The van der Waals surface area contributed by atoms with E-state index in [9.17, 15) is 21.6 Å². The number of morpholine rings is 1. The SMILES string of the molecule is Cc1ccc(C)c(S(=O)(=O)NCCNC(=O)c2cccc(S(=O)(=O)N3CCOCC3)c2)c1. The minimum Gasteiger partial charge on any atom is -0.379 e. The van der Waals surface area contributed by atoms with Gasteiger partial charge in [-0.2, -0.15) is 4.31 Å². The van der Waals surface area contributed by atoms with Gasteiger partial charge in [-0.3, -0.25) is 4.79 Å². The molecule has 1 amide bonds. The van der Waals surface area contributed by atoms with Gasteiger partial charge in [0.05, 0.1) is 23.0 Å². The topological polar surface area (TPSA) is 122 Å². The van der Waals surface area contributed by atoms with E-state index in [1.54, 1.807) is 19.1 Å². The minimum atomic E-state index is -3.72. The number of carbonyl (C=O) groups is 1. The van der Waals surface area contributed by atoms with E-state index >= 15 is 0 Å². The molecule has 174 valence electrons. The van der Waals surface area contributed by atoms with Crippen molar-refractivity contribution in [3.63, 3.8) is 0 Å². The number of carbonyl (C=O) groups excluding carboxylic acids is 1. The maximum absolute atomic E-state index is 12.8. The second-order valence-electron chi connectivity index (χ2n) is 7.47. The molecular weight excluding hydrogens is 454 g/mol. The van der Waals surface area contributed by atoms with Crippen molar-refractivity contribution in [2.45, 2.75) is 23.6 Å². The maximum atomic E-state index is 12.8. The third-order valence-electron chi connectivity index (χ3n) is 5.04. The molecule has 1 aliphatic heterocycles. The van der Waals surface area contributed by atoms with Crippen molar-refractivity contribution in [2.75, 3.05) is 39.4 Å². The Kier molecular flexibility index (Phi) is 7.67. The number of ether oxygens (including phenoxy) is 1. The Hall–Kier alpha value is -2.31. The summed E-state index contributed by atoms with van der Waals surface area (Å²) in [6.07, 6.45) is 0. The monoisotopic (exact) mass is 481 g/mol. The second-order valence-corrected chi connectivity index (χ2v) is 11.1. The molecule has 1 saturated heterocycles. The summed E-state index contributed by atoms with van der Waals surface area (Å²) in [7, 11) is -7.43. The molecule has 2 N–H and O–H groups in total. The Bertz CT molecular complexity index is 1190. The second kappa shape index (κ2) is 10.1. The van der Waals surface area contributed by atoms with Gasteiger partial charge in [0.15, 0.2) is 0 Å². The third-order valence-corrected chi connectivity index (χ3v) is 8.54. The lowest BCUT2D eigenvalue weighted by atomic mass is 10.2. The molecule has 32 heavy (non-hydrogen) atoms. The quantitative estimate of drug-likeness (QED) is 0.543. The highest BCUT2D eigenvalue weighted by Gasteiger charge is 2.27. The molecule has 0 aromatic heterocycles. The zero-order valence-electron chi connectivity index (χ0n) is 18.0. The molecule has 11 heteroatoms. The Morgan fingerprint density at radius 3 is 2.44 bits per heavy atom. The largest absolute Gasteiger partial charge is 0.379 e. The lowest BCUT2D eigenvalue weighted by molar-refractivity contribution is 0.0730. The van der Waals surface area contributed by atoms with Gasteiger partial charge in [-0.25, -0.2) is 21.6 Å². The van der Waals surface area contributed by atoms with Gasteiger partial charge >= 0.3 is 0 Å². The van der Waals surface area contributed by atoms with Crippen LogP contribution in [0.2, 0.25) is 0 Å². The van der Waals surface area contributed by atoms with Gasteiger partial charge in [0.2, 0.25) is 20.0 Å². The molecule has 0 spiro atoms. The highest BCUT2D eigenvalue weighted by atomic mass is 32.2. The lowest BCUT2D eigenvalue weighted by Gasteiger charge is -2.26. The Morgan fingerprint density at radius 1 is 1.00 bits per heavy atom. The summed E-state index contributed by atoms with van der Waals surface area (Å²) in [4.78, 5) is 12.7. The number of benzene rings is 2. The lowest BCUT2D eigenvalue weighted by Crippen LogP contribution is -2.40. The van der Waals surface area contributed by atoms with Gasteiger partial charge in [-0.1, -0.05) is 18.2 Å². The highest BCUT2D eigenvalue weighted by molar-refractivity contribution is 7.89.